The molecule has 0 saturated heterocycles. The molecule has 0 aliphatic heterocycles. The molecule has 1 saturated carbocycles. The monoisotopic (exact) mass is 206 g/mol. The summed E-state index contributed by atoms with van der Waals surface area (Å²) in [5.41, 5.74) is 3.87. The lowest BCUT2D eigenvalue weighted by molar-refractivity contribution is 0.259. The van der Waals surface area contributed by atoms with Crippen LogP contribution in [-0.2, 0) is 5.54 Å². The van der Waals surface area contributed by atoms with Gasteiger partial charge < -0.3 is 10.8 Å². The first-order valence-corrected chi connectivity index (χ1v) is 4.52. The lowest BCUT2D eigenvalue weighted by atomic mass is 10.2. The smallest absolute Gasteiger partial charge is 0.350 e. The summed E-state index contributed by atoms with van der Waals surface area (Å²) in [5.74, 6) is -0.0591. The van der Waals surface area contributed by atoms with Crippen LogP contribution in [0.4, 0.5) is 5.82 Å². The average molecular weight is 206 g/mol. The highest BCUT2D eigenvalue weighted by Gasteiger charge is 2.57. The minimum atomic E-state index is -0.924. The largest absolute Gasteiger partial charge is 0.396 e. The number of rotatable bonds is 2. The Bertz CT molecular complexity index is 490. The minimum Gasteiger partial charge on any atom is -0.396 e. The summed E-state index contributed by atoms with van der Waals surface area (Å²) in [4.78, 5) is 15.0. The summed E-state index contributed by atoms with van der Waals surface area (Å²) in [6.07, 6.45) is 1.93. The van der Waals surface area contributed by atoms with Crippen molar-refractivity contribution in [3.05, 3.63) is 22.7 Å². The van der Waals surface area contributed by atoms with Crippen LogP contribution >= 0.6 is 0 Å². The number of aromatic nitrogens is 2. The fourth-order valence-electron chi connectivity index (χ4n) is 1.74. The zero-order valence-corrected chi connectivity index (χ0v) is 7.92. The number of hydrogen-bond donors (Lipinski definition) is 2. The molecular formula is C9H10N4O2. The fraction of sp³-hybridized carbons (Fsp3) is 0.444. The lowest BCUT2D eigenvalue weighted by Crippen LogP contribution is -2.33. The number of anilines is 1. The molecule has 0 amide bonds. The standard InChI is InChI=1S/C9H10N4O2/c10-5-9(3-6(9)4-14)13-2-1-7(11)12-8(13)15/h1-2,6,14H,3-4H2,(H2,11,12,15)/t6-,9+/m0/s1. The summed E-state index contributed by atoms with van der Waals surface area (Å²) in [7, 11) is 0. The van der Waals surface area contributed by atoms with Gasteiger partial charge in [0.2, 0.25) is 0 Å². The van der Waals surface area contributed by atoms with Crippen molar-refractivity contribution in [3.8, 4) is 6.07 Å². The molecule has 1 heterocycles. The number of aliphatic hydroxyl groups excluding tert-OH is 1. The van der Waals surface area contributed by atoms with Crippen LogP contribution in [0.3, 0.4) is 0 Å². The molecule has 1 aliphatic carbocycles. The lowest BCUT2D eigenvalue weighted by Gasteiger charge is -2.10. The van der Waals surface area contributed by atoms with Gasteiger partial charge in [0.05, 0.1) is 6.07 Å². The Morgan fingerprint density at radius 1 is 1.87 bits per heavy atom. The first-order valence-electron chi connectivity index (χ1n) is 4.52. The van der Waals surface area contributed by atoms with Gasteiger partial charge >= 0.3 is 5.69 Å². The summed E-state index contributed by atoms with van der Waals surface area (Å²) in [5, 5.41) is 18.0. The van der Waals surface area contributed by atoms with Gasteiger partial charge in [0.15, 0.2) is 0 Å². The van der Waals surface area contributed by atoms with E-state index in [1.807, 2.05) is 0 Å². The normalized spacial score (nSPS) is 28.4. The maximum absolute atomic E-state index is 11.5. The van der Waals surface area contributed by atoms with Crippen LogP contribution in [0.1, 0.15) is 6.42 Å². The van der Waals surface area contributed by atoms with Crippen molar-refractivity contribution in [2.75, 3.05) is 12.3 Å². The van der Waals surface area contributed by atoms with Crippen LogP contribution in [0.25, 0.3) is 0 Å². The van der Waals surface area contributed by atoms with Crippen LogP contribution < -0.4 is 11.4 Å². The second kappa shape index (κ2) is 3.07. The summed E-state index contributed by atoms with van der Waals surface area (Å²) in [6.45, 7) is -0.107. The minimum absolute atomic E-state index is 0.107. The Labute approximate surface area is 85.6 Å². The van der Waals surface area contributed by atoms with Crippen molar-refractivity contribution in [1.29, 1.82) is 5.26 Å². The van der Waals surface area contributed by atoms with Crippen molar-refractivity contribution in [3.63, 3.8) is 0 Å². The van der Waals surface area contributed by atoms with Crippen molar-refractivity contribution in [1.82, 2.24) is 9.55 Å². The molecule has 0 spiro atoms. The van der Waals surface area contributed by atoms with Crippen molar-refractivity contribution in [2.24, 2.45) is 5.92 Å². The van der Waals surface area contributed by atoms with Gasteiger partial charge in [-0.25, -0.2) is 4.79 Å². The predicted molar refractivity (Wildman–Crippen MR) is 51.7 cm³/mol. The number of nitrogens with two attached hydrogens (primary N) is 1. The van der Waals surface area contributed by atoms with Gasteiger partial charge in [-0.15, -0.1) is 0 Å². The van der Waals surface area contributed by atoms with Crippen LogP contribution in [0.15, 0.2) is 17.1 Å². The summed E-state index contributed by atoms with van der Waals surface area (Å²) < 4.78 is 1.24. The van der Waals surface area contributed by atoms with Crippen molar-refractivity contribution >= 4 is 5.82 Å². The molecule has 0 radical (unpaired) electrons. The highest BCUT2D eigenvalue weighted by atomic mass is 16.3. The molecule has 2 atom stereocenters. The van der Waals surface area contributed by atoms with Gasteiger partial charge in [0, 0.05) is 18.7 Å². The molecule has 2 rings (SSSR count). The van der Waals surface area contributed by atoms with Gasteiger partial charge in [-0.3, -0.25) is 4.57 Å². The van der Waals surface area contributed by atoms with E-state index in [1.54, 1.807) is 0 Å². The van der Waals surface area contributed by atoms with Crippen molar-refractivity contribution in [2.45, 2.75) is 12.0 Å². The van der Waals surface area contributed by atoms with E-state index in [0.717, 1.165) is 0 Å². The van der Waals surface area contributed by atoms with E-state index in [-0.39, 0.29) is 18.3 Å². The van der Waals surface area contributed by atoms with E-state index in [4.69, 9.17) is 16.1 Å². The Balaban J connectivity index is 2.48. The molecule has 1 aliphatic rings. The molecule has 6 heteroatoms. The molecule has 3 N–H and O–H groups in total. The third kappa shape index (κ3) is 1.28. The van der Waals surface area contributed by atoms with E-state index in [2.05, 4.69) is 11.1 Å². The van der Waals surface area contributed by atoms with E-state index in [9.17, 15) is 4.79 Å². The van der Waals surface area contributed by atoms with Gasteiger partial charge in [0.1, 0.15) is 11.4 Å². The second-order valence-electron chi connectivity index (χ2n) is 3.62. The highest BCUT2D eigenvalue weighted by Crippen LogP contribution is 2.48. The van der Waals surface area contributed by atoms with Gasteiger partial charge in [-0.1, -0.05) is 0 Å². The Kier molecular flexibility index (Phi) is 1.98. The van der Waals surface area contributed by atoms with Crippen LogP contribution in [0, 0.1) is 17.2 Å². The quantitative estimate of drug-likeness (QED) is 0.649. The predicted octanol–water partition coefficient (Wildman–Crippen LogP) is -0.943. The van der Waals surface area contributed by atoms with Gasteiger partial charge in [-0.2, -0.15) is 10.2 Å². The molecular weight excluding hydrogens is 196 g/mol. The molecule has 0 unspecified atom stereocenters. The molecule has 6 nitrogen and oxygen atoms in total. The molecule has 1 fully saturated rings. The molecule has 0 aromatic carbocycles. The van der Waals surface area contributed by atoms with Crippen LogP contribution in [-0.4, -0.2) is 21.3 Å². The summed E-state index contributed by atoms with van der Waals surface area (Å²) >= 11 is 0. The first kappa shape index (κ1) is 9.68. The van der Waals surface area contributed by atoms with E-state index in [1.165, 1.54) is 16.8 Å². The topological polar surface area (TPSA) is 105 Å². The number of nitrogens with zero attached hydrogens (tertiary/aromatic N) is 3. The number of aliphatic hydroxyl groups is 1. The molecule has 0 bridgehead atoms. The Morgan fingerprint density at radius 2 is 2.60 bits per heavy atom. The van der Waals surface area contributed by atoms with Crippen LogP contribution in [0.5, 0.6) is 0 Å². The zero-order chi connectivity index (χ0) is 11.1. The highest BCUT2D eigenvalue weighted by molar-refractivity contribution is 5.28. The molecule has 78 valence electrons. The number of hydrogen-bond acceptors (Lipinski definition) is 5. The second-order valence-corrected chi connectivity index (χ2v) is 3.62. The molecule has 1 aromatic rings. The average Bonchev–Trinajstić information content (AvgIpc) is 2.93. The molecule has 1 aromatic heterocycles. The van der Waals surface area contributed by atoms with E-state index < -0.39 is 11.2 Å². The first-order chi connectivity index (χ1) is 7.14. The third-order valence-corrected chi connectivity index (χ3v) is 2.74. The fourth-order valence-corrected chi connectivity index (χ4v) is 1.74. The van der Waals surface area contributed by atoms with Gasteiger partial charge in [-0.05, 0) is 12.5 Å². The zero-order valence-electron chi connectivity index (χ0n) is 7.92. The maximum Gasteiger partial charge on any atom is 0.350 e. The Morgan fingerprint density at radius 3 is 3.07 bits per heavy atom. The number of nitrogen functional groups attached to an aromatic ring is 1. The summed E-state index contributed by atoms with van der Waals surface area (Å²) in [6, 6.07) is 3.52. The van der Waals surface area contributed by atoms with Gasteiger partial charge in [0.25, 0.3) is 0 Å². The number of nitriles is 1. The van der Waals surface area contributed by atoms with Crippen molar-refractivity contribution < 1.29 is 5.11 Å². The van der Waals surface area contributed by atoms with E-state index >= 15 is 0 Å². The molecule has 15 heavy (non-hydrogen) atoms. The SMILES string of the molecule is N#C[C@]1(n2ccc(N)nc2=O)C[C@H]1CO. The Hall–Kier alpha value is -1.87. The maximum atomic E-state index is 11.5. The van der Waals surface area contributed by atoms with E-state index in [0.29, 0.717) is 6.42 Å². The van der Waals surface area contributed by atoms with Crippen LogP contribution in [0.2, 0.25) is 0 Å². The third-order valence-electron chi connectivity index (χ3n) is 2.74.